The Balaban J connectivity index is 1.52. The number of rotatable bonds is 13. The summed E-state index contributed by atoms with van der Waals surface area (Å²) in [6.45, 7) is 3.85. The lowest BCUT2D eigenvalue weighted by Gasteiger charge is -2.19. The van der Waals surface area contributed by atoms with Gasteiger partial charge in [-0.2, -0.15) is 4.98 Å². The molecule has 0 aliphatic rings. The van der Waals surface area contributed by atoms with Crippen LogP contribution in [0.25, 0.3) is 0 Å². The van der Waals surface area contributed by atoms with Crippen molar-refractivity contribution in [2.24, 2.45) is 16.9 Å². The lowest BCUT2D eigenvalue weighted by Crippen LogP contribution is -2.46. The molecule has 2 aromatic carbocycles. The molecule has 0 saturated heterocycles. The highest BCUT2D eigenvalue weighted by molar-refractivity contribution is 9.10. The van der Waals surface area contributed by atoms with E-state index in [9.17, 15) is 14.4 Å². The van der Waals surface area contributed by atoms with Gasteiger partial charge in [0.15, 0.2) is 0 Å². The van der Waals surface area contributed by atoms with Crippen LogP contribution in [0.1, 0.15) is 25.8 Å². The number of nitrogens with one attached hydrogen (secondary N) is 4. The van der Waals surface area contributed by atoms with Gasteiger partial charge in [-0.25, -0.2) is 4.98 Å². The molecular formula is C27H33BrN8O3. The number of amides is 3. The second-order valence-corrected chi connectivity index (χ2v) is 10.3. The molecule has 1 heterocycles. The van der Waals surface area contributed by atoms with Crippen molar-refractivity contribution in [1.82, 2.24) is 15.3 Å². The van der Waals surface area contributed by atoms with E-state index in [-0.39, 0.29) is 5.91 Å². The topological polar surface area (TPSA) is 177 Å². The zero-order valence-corrected chi connectivity index (χ0v) is 23.4. The number of carbonyl (C=O) groups excluding carboxylic acids is 3. The van der Waals surface area contributed by atoms with Crippen LogP contribution in [0.5, 0.6) is 0 Å². The van der Waals surface area contributed by atoms with Crippen molar-refractivity contribution >= 4 is 56.8 Å². The number of primary amides is 1. The number of halogens is 1. The number of benzene rings is 2. The van der Waals surface area contributed by atoms with Gasteiger partial charge in [-0.05, 0) is 66.4 Å². The molecule has 0 unspecified atom stereocenters. The average molecular weight is 598 g/mol. The summed E-state index contributed by atoms with van der Waals surface area (Å²) < 4.78 is 0.667. The third-order valence-electron chi connectivity index (χ3n) is 5.88. The van der Waals surface area contributed by atoms with Crippen molar-refractivity contribution in [3.63, 3.8) is 0 Å². The molecule has 0 aliphatic carbocycles. The van der Waals surface area contributed by atoms with E-state index < -0.39 is 23.3 Å². The van der Waals surface area contributed by atoms with Gasteiger partial charge in [0.2, 0.25) is 23.7 Å². The van der Waals surface area contributed by atoms with E-state index in [4.69, 9.17) is 11.5 Å². The number of anilines is 4. The molecule has 3 rings (SSSR count). The van der Waals surface area contributed by atoms with Gasteiger partial charge in [-0.3, -0.25) is 14.4 Å². The Morgan fingerprint density at radius 3 is 2.46 bits per heavy atom. The monoisotopic (exact) mass is 596 g/mol. The van der Waals surface area contributed by atoms with Crippen molar-refractivity contribution in [1.29, 1.82) is 0 Å². The first-order valence-corrected chi connectivity index (χ1v) is 13.2. The number of aromatic nitrogens is 2. The molecule has 0 saturated carbocycles. The van der Waals surface area contributed by atoms with Crippen molar-refractivity contribution in [3.05, 3.63) is 70.8 Å². The summed E-state index contributed by atoms with van der Waals surface area (Å²) in [5, 5.41) is 11.9. The molecule has 3 aromatic rings. The summed E-state index contributed by atoms with van der Waals surface area (Å²) >= 11 is 3.43. The van der Waals surface area contributed by atoms with Gasteiger partial charge < -0.3 is 32.7 Å². The second kappa shape index (κ2) is 13.7. The fraction of sp³-hybridized carbons (Fsp3) is 0.296. The number of hydrogen-bond donors (Lipinski definition) is 6. The van der Waals surface area contributed by atoms with Crippen molar-refractivity contribution in [3.8, 4) is 0 Å². The maximum Gasteiger partial charge on any atom is 0.241 e. The van der Waals surface area contributed by atoms with Gasteiger partial charge in [0.25, 0.3) is 0 Å². The Kier molecular flexibility index (Phi) is 10.4. The third-order valence-corrected chi connectivity index (χ3v) is 6.46. The van der Waals surface area contributed by atoms with Gasteiger partial charge in [-0.1, -0.05) is 36.4 Å². The summed E-state index contributed by atoms with van der Waals surface area (Å²) in [6, 6.07) is 16.1. The molecule has 3 amide bonds. The smallest absolute Gasteiger partial charge is 0.241 e. The van der Waals surface area contributed by atoms with Gasteiger partial charge in [-0.15, -0.1) is 0 Å². The predicted octanol–water partition coefficient (Wildman–Crippen LogP) is 2.92. The summed E-state index contributed by atoms with van der Waals surface area (Å²) in [5.74, 6) is -0.463. The van der Waals surface area contributed by atoms with E-state index in [1.54, 1.807) is 24.4 Å². The number of nitrogens with two attached hydrogens (primary N) is 2. The average Bonchev–Trinajstić information content (AvgIpc) is 2.90. The second-order valence-electron chi connectivity index (χ2n) is 9.41. The summed E-state index contributed by atoms with van der Waals surface area (Å²) in [7, 11) is 0. The highest BCUT2D eigenvalue weighted by Gasteiger charge is 2.33. The molecule has 0 spiro atoms. The maximum absolute atomic E-state index is 12.6. The van der Waals surface area contributed by atoms with Crippen molar-refractivity contribution in [2.45, 2.75) is 32.7 Å². The highest BCUT2D eigenvalue weighted by Crippen LogP contribution is 2.23. The Hall–Kier alpha value is -4.03. The van der Waals surface area contributed by atoms with Crippen LogP contribution in [0.2, 0.25) is 0 Å². The van der Waals surface area contributed by atoms with Crippen LogP contribution in [-0.4, -0.2) is 46.8 Å². The van der Waals surface area contributed by atoms with Crippen LogP contribution >= 0.6 is 15.9 Å². The molecule has 1 aromatic heterocycles. The fourth-order valence-corrected chi connectivity index (χ4v) is 3.71. The molecule has 11 nitrogen and oxygen atoms in total. The zero-order valence-electron chi connectivity index (χ0n) is 21.8. The SMILES string of the molecule is CC(C)(C(N)=O)C(=O)NCCCNc1nc(Nc2cccc(NC(=O)[C@H](N)Cc3ccccc3)c2)ncc1Br. The molecule has 0 radical (unpaired) electrons. The minimum atomic E-state index is -1.27. The van der Waals surface area contributed by atoms with E-state index >= 15 is 0 Å². The lowest BCUT2D eigenvalue weighted by atomic mass is 9.91. The summed E-state index contributed by atoms with van der Waals surface area (Å²) in [6.07, 6.45) is 2.64. The van der Waals surface area contributed by atoms with E-state index in [2.05, 4.69) is 47.2 Å². The van der Waals surface area contributed by atoms with Crippen LogP contribution in [0.15, 0.2) is 65.3 Å². The Bertz CT molecular complexity index is 1300. The van der Waals surface area contributed by atoms with Gasteiger partial charge >= 0.3 is 0 Å². The quantitative estimate of drug-likeness (QED) is 0.129. The van der Waals surface area contributed by atoms with Gasteiger partial charge in [0, 0.05) is 30.7 Å². The molecule has 39 heavy (non-hydrogen) atoms. The normalized spacial score (nSPS) is 11.8. The first-order chi connectivity index (χ1) is 18.6. The predicted molar refractivity (Wildman–Crippen MR) is 155 cm³/mol. The molecular weight excluding hydrogens is 564 g/mol. The van der Waals surface area contributed by atoms with E-state index in [0.29, 0.717) is 53.5 Å². The Morgan fingerprint density at radius 2 is 1.74 bits per heavy atom. The largest absolute Gasteiger partial charge is 0.369 e. The maximum atomic E-state index is 12.6. The van der Waals surface area contributed by atoms with Crippen molar-refractivity contribution in [2.75, 3.05) is 29.0 Å². The summed E-state index contributed by atoms with van der Waals surface area (Å²) in [4.78, 5) is 44.9. The van der Waals surface area contributed by atoms with E-state index in [0.717, 1.165) is 5.56 Å². The van der Waals surface area contributed by atoms with Crippen LogP contribution in [-0.2, 0) is 20.8 Å². The van der Waals surface area contributed by atoms with Crippen LogP contribution in [0.3, 0.4) is 0 Å². The Morgan fingerprint density at radius 1 is 1.03 bits per heavy atom. The van der Waals surface area contributed by atoms with Crippen LogP contribution in [0.4, 0.5) is 23.1 Å². The molecule has 206 valence electrons. The number of carbonyl (C=O) groups is 3. The van der Waals surface area contributed by atoms with Gasteiger partial charge in [0.05, 0.1) is 10.5 Å². The highest BCUT2D eigenvalue weighted by atomic mass is 79.9. The number of hydrogen-bond acceptors (Lipinski definition) is 8. The van der Waals surface area contributed by atoms with Crippen LogP contribution < -0.4 is 32.7 Å². The molecule has 0 bridgehead atoms. The fourth-order valence-electron chi connectivity index (χ4n) is 3.38. The van der Waals surface area contributed by atoms with Crippen molar-refractivity contribution < 1.29 is 14.4 Å². The molecule has 12 heteroatoms. The third kappa shape index (κ3) is 8.76. The first kappa shape index (κ1) is 29.5. The molecule has 8 N–H and O–H groups in total. The summed E-state index contributed by atoms with van der Waals surface area (Å²) in [5.41, 5.74) is 12.4. The lowest BCUT2D eigenvalue weighted by molar-refractivity contribution is -0.139. The standard InChI is InChI=1S/C27H33BrN8O3/c1-27(2,24(30)38)25(39)32-13-7-12-31-22-20(28)16-33-26(36-22)35-19-11-6-10-18(15-19)34-23(37)21(29)14-17-8-4-3-5-9-17/h3-6,8-11,15-16,21H,7,12-14,29H2,1-2H3,(H2,30,38)(H,32,39)(H,34,37)(H2,31,33,35,36)/t21-/m1/s1. The molecule has 0 aliphatic heterocycles. The van der Waals surface area contributed by atoms with Gasteiger partial charge in [0.1, 0.15) is 11.2 Å². The minimum absolute atomic E-state index is 0.281. The van der Waals surface area contributed by atoms with E-state index in [1.807, 2.05) is 36.4 Å². The van der Waals surface area contributed by atoms with Crippen LogP contribution in [0, 0.1) is 5.41 Å². The molecule has 0 fully saturated rings. The minimum Gasteiger partial charge on any atom is -0.369 e. The molecule has 1 atom stereocenters. The first-order valence-electron chi connectivity index (χ1n) is 12.4. The van der Waals surface area contributed by atoms with E-state index in [1.165, 1.54) is 13.8 Å². The number of nitrogens with zero attached hydrogens (tertiary/aromatic N) is 2. The zero-order chi connectivity index (χ0) is 28.4. The Labute approximate surface area is 235 Å².